The van der Waals surface area contributed by atoms with E-state index in [2.05, 4.69) is 40.2 Å². The molecule has 19 heavy (non-hydrogen) atoms. The van der Waals surface area contributed by atoms with Gasteiger partial charge in [0.1, 0.15) is 0 Å². The van der Waals surface area contributed by atoms with Crippen LogP contribution in [0.2, 0.25) is 0 Å². The van der Waals surface area contributed by atoms with Crippen molar-refractivity contribution in [2.75, 3.05) is 0 Å². The average Bonchev–Trinajstić information content (AvgIpc) is 3.15. The first-order valence-corrected chi connectivity index (χ1v) is 8.81. The largest absolute Gasteiger partial charge is 0.0609 e. The molecule has 1 aromatic rings. The van der Waals surface area contributed by atoms with Gasteiger partial charge in [-0.05, 0) is 79.4 Å². The number of aryl methyl sites for hydroxylation is 1. The van der Waals surface area contributed by atoms with Crippen molar-refractivity contribution in [2.24, 2.45) is 23.2 Å². The van der Waals surface area contributed by atoms with Crippen molar-refractivity contribution in [3.8, 4) is 0 Å². The Morgan fingerprint density at radius 3 is 2.89 bits per heavy atom. The minimum atomic E-state index is 0.850. The lowest BCUT2D eigenvalue weighted by Gasteiger charge is -2.31. The van der Waals surface area contributed by atoms with Gasteiger partial charge in [0, 0.05) is 4.47 Å². The van der Waals surface area contributed by atoms with Gasteiger partial charge >= 0.3 is 0 Å². The van der Waals surface area contributed by atoms with E-state index >= 15 is 0 Å². The number of fused-ring (bicyclic) bond motifs is 3. The molecule has 0 saturated heterocycles. The van der Waals surface area contributed by atoms with Crippen molar-refractivity contribution in [3.05, 3.63) is 34.3 Å². The van der Waals surface area contributed by atoms with E-state index in [1.807, 2.05) is 0 Å². The third kappa shape index (κ3) is 2.18. The van der Waals surface area contributed by atoms with Crippen molar-refractivity contribution in [1.82, 2.24) is 0 Å². The van der Waals surface area contributed by atoms with Crippen molar-refractivity contribution in [2.45, 2.75) is 51.4 Å². The molecule has 0 aromatic heterocycles. The highest BCUT2D eigenvalue weighted by Gasteiger charge is 2.59. The second-order valence-corrected chi connectivity index (χ2v) is 8.11. The summed E-state index contributed by atoms with van der Waals surface area (Å²) >= 11 is 3.59. The minimum absolute atomic E-state index is 0.850. The molecule has 0 amide bonds. The molecule has 0 N–H and O–H groups in total. The van der Waals surface area contributed by atoms with E-state index < -0.39 is 0 Å². The fourth-order valence-electron chi connectivity index (χ4n) is 5.24. The van der Waals surface area contributed by atoms with Crippen LogP contribution in [0.25, 0.3) is 0 Å². The Balaban J connectivity index is 1.46. The maximum absolute atomic E-state index is 3.59. The normalized spacial score (nSPS) is 34.7. The fourth-order valence-corrected chi connectivity index (χ4v) is 5.69. The maximum Gasteiger partial charge on any atom is 0.0177 e. The Bertz CT molecular complexity index is 474. The number of rotatable bonds is 3. The number of halogens is 1. The van der Waals surface area contributed by atoms with Crippen LogP contribution >= 0.6 is 15.9 Å². The van der Waals surface area contributed by atoms with Gasteiger partial charge in [0.25, 0.3) is 0 Å². The molecule has 0 radical (unpaired) electrons. The highest BCUT2D eigenvalue weighted by molar-refractivity contribution is 9.10. The summed E-state index contributed by atoms with van der Waals surface area (Å²) in [5.74, 6) is 3.22. The SMILES string of the molecule is Brc1cccc(CCC2C3CCCC2C2(CC2)C3)c1. The fraction of sp³-hybridized carbons (Fsp3) is 0.667. The molecule has 1 spiro atoms. The molecule has 3 aliphatic rings. The molecule has 3 saturated carbocycles. The molecule has 0 nitrogen and oxygen atoms in total. The van der Waals surface area contributed by atoms with E-state index in [9.17, 15) is 0 Å². The lowest BCUT2D eigenvalue weighted by Crippen LogP contribution is -2.23. The van der Waals surface area contributed by atoms with Gasteiger partial charge in [0.05, 0.1) is 0 Å². The molecule has 0 aliphatic heterocycles. The van der Waals surface area contributed by atoms with Crippen LogP contribution < -0.4 is 0 Å². The molecule has 1 aromatic carbocycles. The number of hydrogen-bond acceptors (Lipinski definition) is 0. The van der Waals surface area contributed by atoms with E-state index in [4.69, 9.17) is 0 Å². The Morgan fingerprint density at radius 1 is 1.21 bits per heavy atom. The molecule has 1 heteroatoms. The lowest BCUT2D eigenvalue weighted by molar-refractivity contribution is 0.191. The van der Waals surface area contributed by atoms with Gasteiger partial charge in [-0.15, -0.1) is 0 Å². The quantitative estimate of drug-likeness (QED) is 0.680. The predicted molar refractivity (Wildman–Crippen MR) is 83.1 cm³/mol. The van der Waals surface area contributed by atoms with Crippen LogP contribution in [0.5, 0.6) is 0 Å². The van der Waals surface area contributed by atoms with Crippen LogP contribution in [0.3, 0.4) is 0 Å². The first kappa shape index (κ1) is 12.4. The van der Waals surface area contributed by atoms with Gasteiger partial charge in [-0.25, -0.2) is 0 Å². The monoisotopic (exact) mass is 318 g/mol. The zero-order chi connectivity index (χ0) is 12.9. The third-order valence-electron chi connectivity index (χ3n) is 6.22. The number of hydrogen-bond donors (Lipinski definition) is 0. The van der Waals surface area contributed by atoms with E-state index in [1.54, 1.807) is 25.7 Å². The maximum atomic E-state index is 3.59. The Morgan fingerprint density at radius 2 is 2.11 bits per heavy atom. The Labute approximate surface area is 125 Å². The van der Waals surface area contributed by atoms with Crippen molar-refractivity contribution < 1.29 is 0 Å². The summed E-state index contributed by atoms with van der Waals surface area (Å²) in [6.07, 6.45) is 12.0. The van der Waals surface area contributed by atoms with Crippen LogP contribution in [0, 0.1) is 23.2 Å². The summed E-state index contributed by atoms with van der Waals surface area (Å²) in [4.78, 5) is 0. The summed E-state index contributed by atoms with van der Waals surface area (Å²) in [5.41, 5.74) is 2.37. The minimum Gasteiger partial charge on any atom is -0.0609 e. The topological polar surface area (TPSA) is 0 Å². The van der Waals surface area contributed by atoms with Crippen molar-refractivity contribution in [1.29, 1.82) is 0 Å². The molecule has 2 bridgehead atoms. The average molecular weight is 319 g/mol. The third-order valence-corrected chi connectivity index (χ3v) is 6.71. The molecule has 4 rings (SSSR count). The zero-order valence-corrected chi connectivity index (χ0v) is 13.2. The van der Waals surface area contributed by atoms with Crippen LogP contribution in [-0.2, 0) is 6.42 Å². The van der Waals surface area contributed by atoms with Crippen molar-refractivity contribution in [3.63, 3.8) is 0 Å². The highest BCUT2D eigenvalue weighted by Crippen LogP contribution is 2.69. The van der Waals surface area contributed by atoms with E-state index in [0.29, 0.717) is 0 Å². The van der Waals surface area contributed by atoms with Crippen LogP contribution in [0.15, 0.2) is 28.7 Å². The van der Waals surface area contributed by atoms with Gasteiger partial charge in [-0.1, -0.05) is 40.9 Å². The zero-order valence-electron chi connectivity index (χ0n) is 11.6. The molecule has 3 unspecified atom stereocenters. The Kier molecular flexibility index (Phi) is 3.02. The highest BCUT2D eigenvalue weighted by atomic mass is 79.9. The summed E-state index contributed by atoms with van der Waals surface area (Å²) < 4.78 is 1.23. The molecule has 3 fully saturated rings. The van der Waals surface area contributed by atoms with E-state index in [-0.39, 0.29) is 0 Å². The summed E-state index contributed by atoms with van der Waals surface area (Å²) in [7, 11) is 0. The first-order valence-electron chi connectivity index (χ1n) is 8.01. The van der Waals surface area contributed by atoms with Gasteiger partial charge in [0.2, 0.25) is 0 Å². The van der Waals surface area contributed by atoms with Gasteiger partial charge < -0.3 is 0 Å². The van der Waals surface area contributed by atoms with Gasteiger partial charge in [0.15, 0.2) is 0 Å². The van der Waals surface area contributed by atoms with Gasteiger partial charge in [-0.2, -0.15) is 0 Å². The second-order valence-electron chi connectivity index (χ2n) is 7.20. The van der Waals surface area contributed by atoms with Crippen molar-refractivity contribution >= 4 is 15.9 Å². The molecule has 3 aliphatic carbocycles. The molecule has 3 atom stereocenters. The van der Waals surface area contributed by atoms with Crippen LogP contribution in [0.1, 0.15) is 50.5 Å². The summed E-state index contributed by atoms with van der Waals surface area (Å²) in [5, 5.41) is 0. The summed E-state index contributed by atoms with van der Waals surface area (Å²) in [6.45, 7) is 0. The molecule has 102 valence electrons. The standard InChI is InChI=1S/C18H23Br/c19-15-5-1-3-13(11-15)7-8-16-14-4-2-6-17(16)18(12-14)9-10-18/h1,3,5,11,14,16-17H,2,4,6-10,12H2. The predicted octanol–water partition coefficient (Wildman–Crippen LogP) is 5.60. The van der Waals surface area contributed by atoms with E-state index in [1.165, 1.54) is 35.7 Å². The smallest absolute Gasteiger partial charge is 0.0177 e. The lowest BCUT2D eigenvalue weighted by atomic mass is 9.74. The molecular weight excluding hydrogens is 296 g/mol. The van der Waals surface area contributed by atoms with Crippen LogP contribution in [0.4, 0.5) is 0 Å². The van der Waals surface area contributed by atoms with E-state index in [0.717, 1.165) is 23.2 Å². The molecule has 0 heterocycles. The van der Waals surface area contributed by atoms with Gasteiger partial charge in [-0.3, -0.25) is 0 Å². The Hall–Kier alpha value is -0.300. The second kappa shape index (κ2) is 4.62. The number of benzene rings is 1. The molecular formula is C18H23Br. The first-order chi connectivity index (χ1) is 9.27. The van der Waals surface area contributed by atoms with Crippen LogP contribution in [-0.4, -0.2) is 0 Å². The summed E-state index contributed by atoms with van der Waals surface area (Å²) in [6, 6.07) is 8.91.